The van der Waals surface area contributed by atoms with Crippen LogP contribution in [-0.2, 0) is 16.4 Å². The highest BCUT2D eigenvalue weighted by Gasteiger charge is 2.16. The van der Waals surface area contributed by atoms with Crippen molar-refractivity contribution in [3.8, 4) is 11.1 Å². The number of amides is 1. The molecule has 8 heteroatoms. The van der Waals surface area contributed by atoms with E-state index in [2.05, 4.69) is 17.4 Å². The molecule has 3 aromatic carbocycles. The second-order valence-corrected chi connectivity index (χ2v) is 11.0. The average molecular weight is 499 g/mol. The average Bonchev–Trinajstić information content (AvgIpc) is 2.81. The van der Waals surface area contributed by atoms with E-state index in [1.807, 2.05) is 66.2 Å². The zero-order chi connectivity index (χ0) is 24.6. The van der Waals surface area contributed by atoms with E-state index in [9.17, 15) is 18.3 Å². The van der Waals surface area contributed by atoms with E-state index in [4.69, 9.17) is 0 Å². The Labute approximate surface area is 205 Å². The third-order valence-corrected chi connectivity index (χ3v) is 6.70. The Bertz CT molecular complexity index is 1200. The number of carbonyl (C=O) groups excluding carboxylic acids is 1. The standard InChI is InChI=1S/C26H30N2O4S2/c1-3-33-25-17-22(13-14-23(25)26(30)28-34(2,31)32)20-11-9-19(10-12-20)15-16-27-18-24(29)21-7-5-4-6-8-21/h4-14,17,24,27,29H,3,15-16,18H2,1-2H3,(H,28,30)/t24-/m0/s1. The fraction of sp³-hybridized carbons (Fsp3) is 0.269. The van der Waals surface area contributed by atoms with Crippen molar-refractivity contribution in [2.45, 2.75) is 24.3 Å². The van der Waals surface area contributed by atoms with Crippen LogP contribution in [0.5, 0.6) is 0 Å². The van der Waals surface area contributed by atoms with Crippen LogP contribution in [0.2, 0.25) is 0 Å². The number of hydrogen-bond donors (Lipinski definition) is 3. The Morgan fingerprint density at radius 2 is 1.68 bits per heavy atom. The number of hydrogen-bond acceptors (Lipinski definition) is 6. The van der Waals surface area contributed by atoms with Gasteiger partial charge >= 0.3 is 0 Å². The van der Waals surface area contributed by atoms with Crippen LogP contribution in [0.15, 0.2) is 77.7 Å². The van der Waals surface area contributed by atoms with Crippen molar-refractivity contribution in [3.63, 3.8) is 0 Å². The van der Waals surface area contributed by atoms with Gasteiger partial charge in [-0.15, -0.1) is 11.8 Å². The molecule has 0 saturated heterocycles. The predicted octanol–water partition coefficient (Wildman–Crippen LogP) is 4.02. The van der Waals surface area contributed by atoms with E-state index < -0.39 is 22.0 Å². The molecule has 6 nitrogen and oxygen atoms in total. The number of benzene rings is 3. The molecule has 0 aliphatic heterocycles. The van der Waals surface area contributed by atoms with Crippen LogP contribution in [0.3, 0.4) is 0 Å². The molecule has 0 aliphatic rings. The molecule has 0 fully saturated rings. The van der Waals surface area contributed by atoms with Gasteiger partial charge in [0.1, 0.15) is 0 Å². The molecule has 3 N–H and O–H groups in total. The van der Waals surface area contributed by atoms with E-state index in [1.165, 1.54) is 17.3 Å². The van der Waals surface area contributed by atoms with Crippen molar-refractivity contribution in [2.24, 2.45) is 0 Å². The van der Waals surface area contributed by atoms with E-state index in [0.717, 1.165) is 46.6 Å². The van der Waals surface area contributed by atoms with Crippen molar-refractivity contribution in [1.82, 2.24) is 10.0 Å². The molecule has 3 rings (SSSR count). The van der Waals surface area contributed by atoms with Gasteiger partial charge in [-0.1, -0.05) is 67.6 Å². The molecule has 1 atom stereocenters. The predicted molar refractivity (Wildman–Crippen MR) is 139 cm³/mol. The van der Waals surface area contributed by atoms with Gasteiger partial charge in [-0.25, -0.2) is 13.1 Å². The molecular weight excluding hydrogens is 468 g/mol. The van der Waals surface area contributed by atoms with Gasteiger partial charge in [-0.2, -0.15) is 0 Å². The Balaban J connectivity index is 1.61. The number of aliphatic hydroxyl groups excluding tert-OH is 1. The van der Waals surface area contributed by atoms with Crippen molar-refractivity contribution >= 4 is 27.7 Å². The lowest BCUT2D eigenvalue weighted by atomic mass is 10.0. The molecule has 0 aromatic heterocycles. The third-order valence-electron chi connectivity index (χ3n) is 5.20. The summed E-state index contributed by atoms with van der Waals surface area (Å²) in [4.78, 5) is 13.1. The normalized spacial score (nSPS) is 12.3. The lowest BCUT2D eigenvalue weighted by Gasteiger charge is -2.13. The highest BCUT2D eigenvalue weighted by Crippen LogP contribution is 2.29. The van der Waals surface area contributed by atoms with Gasteiger partial charge < -0.3 is 10.4 Å². The van der Waals surface area contributed by atoms with Gasteiger partial charge in [-0.05, 0) is 53.1 Å². The van der Waals surface area contributed by atoms with Gasteiger partial charge in [0, 0.05) is 11.4 Å². The van der Waals surface area contributed by atoms with Crippen molar-refractivity contribution < 1.29 is 18.3 Å². The molecule has 0 radical (unpaired) electrons. The van der Waals surface area contributed by atoms with Crippen LogP contribution in [0.4, 0.5) is 0 Å². The first kappa shape index (κ1) is 26.0. The minimum Gasteiger partial charge on any atom is -0.387 e. The molecular formula is C26H30N2O4S2. The smallest absolute Gasteiger partial charge is 0.265 e. The van der Waals surface area contributed by atoms with Crippen LogP contribution >= 0.6 is 11.8 Å². The second-order valence-electron chi connectivity index (χ2n) is 7.92. The Kier molecular flexibility index (Phi) is 9.29. The summed E-state index contributed by atoms with van der Waals surface area (Å²) in [5.41, 5.74) is 4.41. The molecule has 0 aliphatic carbocycles. The van der Waals surface area contributed by atoms with Crippen molar-refractivity contribution in [2.75, 3.05) is 25.1 Å². The van der Waals surface area contributed by atoms with Crippen LogP contribution < -0.4 is 10.0 Å². The zero-order valence-corrected chi connectivity index (χ0v) is 21.0. The van der Waals surface area contributed by atoms with E-state index in [-0.39, 0.29) is 0 Å². The van der Waals surface area contributed by atoms with Crippen molar-refractivity contribution in [1.29, 1.82) is 0 Å². The first-order valence-electron chi connectivity index (χ1n) is 11.1. The topological polar surface area (TPSA) is 95.5 Å². The van der Waals surface area contributed by atoms with Crippen molar-refractivity contribution in [3.05, 3.63) is 89.5 Å². The third kappa shape index (κ3) is 7.70. The van der Waals surface area contributed by atoms with Gasteiger partial charge in [-0.3, -0.25) is 4.79 Å². The number of carbonyl (C=O) groups is 1. The van der Waals surface area contributed by atoms with Crippen LogP contribution in [0, 0.1) is 0 Å². The summed E-state index contributed by atoms with van der Waals surface area (Å²) >= 11 is 1.50. The Morgan fingerprint density at radius 3 is 2.32 bits per heavy atom. The summed E-state index contributed by atoms with van der Waals surface area (Å²) in [5.74, 6) is 0.137. The minimum absolute atomic E-state index is 0.349. The molecule has 0 spiro atoms. The number of sulfonamides is 1. The highest BCUT2D eigenvalue weighted by molar-refractivity contribution is 7.99. The highest BCUT2D eigenvalue weighted by atomic mass is 32.2. The summed E-state index contributed by atoms with van der Waals surface area (Å²) in [6, 6.07) is 23.3. The summed E-state index contributed by atoms with van der Waals surface area (Å²) in [6.07, 6.45) is 1.28. The molecule has 1 amide bonds. The zero-order valence-electron chi connectivity index (χ0n) is 19.3. The minimum atomic E-state index is -3.63. The van der Waals surface area contributed by atoms with Crippen LogP contribution in [0.25, 0.3) is 11.1 Å². The second kappa shape index (κ2) is 12.2. The SMILES string of the molecule is CCSc1cc(-c2ccc(CCNC[C@H](O)c3ccccc3)cc2)ccc1C(=O)NS(C)(=O)=O. The first-order valence-corrected chi connectivity index (χ1v) is 14.0. The summed E-state index contributed by atoms with van der Waals surface area (Å²) in [7, 11) is -3.63. The van der Waals surface area contributed by atoms with E-state index >= 15 is 0 Å². The maximum absolute atomic E-state index is 12.4. The number of nitrogens with one attached hydrogen (secondary N) is 2. The largest absolute Gasteiger partial charge is 0.387 e. The molecule has 0 saturated carbocycles. The fourth-order valence-corrected chi connectivity index (χ4v) is 4.80. The van der Waals surface area contributed by atoms with Gasteiger partial charge in [0.25, 0.3) is 5.91 Å². The molecule has 34 heavy (non-hydrogen) atoms. The molecule has 0 bridgehead atoms. The maximum atomic E-state index is 12.4. The lowest BCUT2D eigenvalue weighted by molar-refractivity contribution is 0.0979. The Hall–Kier alpha value is -2.65. The molecule has 3 aromatic rings. The molecule has 0 unspecified atom stereocenters. The number of rotatable bonds is 11. The lowest BCUT2D eigenvalue weighted by Crippen LogP contribution is -2.29. The van der Waals surface area contributed by atoms with Gasteiger partial charge in [0.2, 0.25) is 10.0 Å². The first-order chi connectivity index (χ1) is 16.3. The number of thioether (sulfide) groups is 1. The number of aliphatic hydroxyl groups is 1. The fourth-order valence-electron chi connectivity index (χ4n) is 3.52. The summed E-state index contributed by atoms with van der Waals surface area (Å²) < 4.78 is 24.9. The van der Waals surface area contributed by atoms with Gasteiger partial charge in [0.05, 0.1) is 17.9 Å². The summed E-state index contributed by atoms with van der Waals surface area (Å²) in [6.45, 7) is 3.24. The van der Waals surface area contributed by atoms with Crippen LogP contribution in [0.1, 0.15) is 34.5 Å². The summed E-state index contributed by atoms with van der Waals surface area (Å²) in [5, 5.41) is 13.5. The van der Waals surface area contributed by atoms with E-state index in [0.29, 0.717) is 12.1 Å². The maximum Gasteiger partial charge on any atom is 0.265 e. The monoisotopic (exact) mass is 498 g/mol. The molecule has 180 valence electrons. The quantitative estimate of drug-likeness (QED) is 0.273. The van der Waals surface area contributed by atoms with Crippen LogP contribution in [-0.4, -0.2) is 44.5 Å². The molecule has 0 heterocycles. The van der Waals surface area contributed by atoms with Gasteiger partial charge in [0.15, 0.2) is 0 Å². The Morgan fingerprint density at radius 1 is 1.00 bits per heavy atom. The van der Waals surface area contributed by atoms with E-state index in [1.54, 1.807) is 6.07 Å².